The summed E-state index contributed by atoms with van der Waals surface area (Å²) in [4.78, 5) is 39.3. The zero-order valence-corrected chi connectivity index (χ0v) is 20.9. The summed E-state index contributed by atoms with van der Waals surface area (Å²) in [6, 6.07) is 9.29. The first-order chi connectivity index (χ1) is 17.0. The number of amides is 1. The summed E-state index contributed by atoms with van der Waals surface area (Å²) < 4.78 is 10.9. The van der Waals surface area contributed by atoms with Gasteiger partial charge >= 0.3 is 6.16 Å². The van der Waals surface area contributed by atoms with Crippen molar-refractivity contribution in [2.75, 3.05) is 0 Å². The molecule has 8 heteroatoms. The van der Waals surface area contributed by atoms with Gasteiger partial charge in [-0.25, -0.2) is 4.79 Å². The topological polar surface area (TPSA) is 122 Å². The maximum absolute atomic E-state index is 13.7. The third kappa shape index (κ3) is 4.40. The van der Waals surface area contributed by atoms with Gasteiger partial charge in [-0.2, -0.15) is 0 Å². The largest absolute Gasteiger partial charge is 0.514 e. The smallest absolute Gasteiger partial charge is 0.416 e. The second-order valence-corrected chi connectivity index (χ2v) is 10.2. The van der Waals surface area contributed by atoms with Crippen molar-refractivity contribution in [1.29, 1.82) is 0 Å². The van der Waals surface area contributed by atoms with Crippen LogP contribution >= 0.6 is 0 Å². The summed E-state index contributed by atoms with van der Waals surface area (Å²) in [6.07, 6.45) is 3.84. The monoisotopic (exact) mass is 495 g/mol. The van der Waals surface area contributed by atoms with Gasteiger partial charge in [0.05, 0.1) is 24.2 Å². The average Bonchev–Trinajstić information content (AvgIpc) is 3.10. The van der Waals surface area contributed by atoms with Gasteiger partial charge in [0.25, 0.3) is 5.91 Å². The van der Waals surface area contributed by atoms with Crippen molar-refractivity contribution in [2.45, 2.75) is 63.9 Å². The van der Waals surface area contributed by atoms with Crippen LogP contribution in [0.1, 0.15) is 39.7 Å². The van der Waals surface area contributed by atoms with Gasteiger partial charge < -0.3 is 25.0 Å². The van der Waals surface area contributed by atoms with Crippen molar-refractivity contribution in [3.63, 3.8) is 0 Å². The summed E-state index contributed by atoms with van der Waals surface area (Å²) in [7, 11) is 0. The third-order valence-corrected chi connectivity index (χ3v) is 7.79. The molecule has 7 atom stereocenters. The van der Waals surface area contributed by atoms with Gasteiger partial charge in [-0.3, -0.25) is 9.59 Å². The van der Waals surface area contributed by atoms with Gasteiger partial charge in [-0.15, -0.1) is 0 Å². The SMILES string of the molecule is CC1=C(C)[C@H]2[C@H](Cc3ccccc3)NC(=O)[C@]23OC(=O)O/C=C/[C@@](C)(O)C(=O)[C@@H](C)C/C=C/[C@H]3[C@@H]1O. The number of benzene rings is 1. The molecule has 3 N–H and O–H groups in total. The molecule has 2 aliphatic heterocycles. The minimum atomic E-state index is -1.85. The summed E-state index contributed by atoms with van der Waals surface area (Å²) in [5, 5.41) is 24.8. The number of rotatable bonds is 2. The minimum absolute atomic E-state index is 0.262. The van der Waals surface area contributed by atoms with Crippen LogP contribution in [0.25, 0.3) is 0 Å². The number of ether oxygens (including phenoxy) is 2. The van der Waals surface area contributed by atoms with Crippen LogP contribution in [-0.2, 0) is 25.5 Å². The number of ketones is 1. The highest BCUT2D eigenvalue weighted by Gasteiger charge is 2.66. The van der Waals surface area contributed by atoms with Crippen molar-refractivity contribution >= 4 is 17.8 Å². The molecule has 1 amide bonds. The van der Waals surface area contributed by atoms with Crippen LogP contribution in [0.5, 0.6) is 0 Å². The standard InChI is InChI=1S/C28H33NO7/c1-16-9-8-12-20-23(30)18(3)17(2)22-21(15-19-10-6-5-7-11-19)29-25(32)28(20,22)36-26(33)35-14-13-27(4,34)24(16)31/h5-8,10-14,16,20-23,30,34H,9,15H2,1-4H3,(H,29,32)/b12-8+,14-13+/t16-,20-,21-,22-,23+,27+,28+/m0/s1. The van der Waals surface area contributed by atoms with Crippen molar-refractivity contribution in [2.24, 2.45) is 17.8 Å². The molecule has 1 fully saturated rings. The Labute approximate surface area is 210 Å². The highest BCUT2D eigenvalue weighted by Crippen LogP contribution is 2.50. The molecule has 3 aliphatic rings. The lowest BCUT2D eigenvalue weighted by atomic mass is 9.63. The maximum atomic E-state index is 13.7. The van der Waals surface area contributed by atoms with Crippen LogP contribution in [0.3, 0.4) is 0 Å². The molecule has 1 aromatic rings. The van der Waals surface area contributed by atoms with E-state index in [2.05, 4.69) is 5.32 Å². The molecule has 1 aromatic carbocycles. The number of nitrogens with one attached hydrogen (secondary N) is 1. The number of hydrogen-bond donors (Lipinski definition) is 3. The summed E-state index contributed by atoms with van der Waals surface area (Å²) in [5.41, 5.74) is -1.13. The van der Waals surface area contributed by atoms with Crippen molar-refractivity contribution < 1.29 is 34.1 Å². The number of aliphatic hydroxyl groups is 2. The van der Waals surface area contributed by atoms with Gasteiger partial charge in [-0.1, -0.05) is 55.0 Å². The molecule has 0 radical (unpaired) electrons. The van der Waals surface area contributed by atoms with Crippen molar-refractivity contribution in [3.8, 4) is 0 Å². The number of aliphatic hydroxyl groups excluding tert-OH is 1. The zero-order chi connectivity index (χ0) is 26.3. The van der Waals surface area contributed by atoms with Crippen molar-refractivity contribution in [3.05, 3.63) is 71.5 Å². The number of cyclic esters (lactones) is 1. The quantitative estimate of drug-likeness (QED) is 0.426. The predicted molar refractivity (Wildman–Crippen MR) is 131 cm³/mol. The number of hydrogen-bond acceptors (Lipinski definition) is 7. The third-order valence-electron chi connectivity index (χ3n) is 7.79. The molecular weight excluding hydrogens is 462 g/mol. The van der Waals surface area contributed by atoms with E-state index in [9.17, 15) is 24.6 Å². The number of allylic oxidation sites excluding steroid dienone is 1. The normalized spacial score (nSPS) is 38.8. The van der Waals surface area contributed by atoms with E-state index in [1.165, 1.54) is 6.92 Å². The van der Waals surface area contributed by atoms with Crippen LogP contribution in [0.2, 0.25) is 0 Å². The molecular formula is C28H33NO7. The predicted octanol–water partition coefficient (Wildman–Crippen LogP) is 2.99. The van der Waals surface area contributed by atoms with E-state index in [1.807, 2.05) is 44.2 Å². The molecule has 36 heavy (non-hydrogen) atoms. The Morgan fingerprint density at radius 1 is 1.11 bits per heavy atom. The second-order valence-electron chi connectivity index (χ2n) is 10.2. The van der Waals surface area contributed by atoms with Crippen LogP contribution in [-0.4, -0.2) is 51.4 Å². The Kier molecular flexibility index (Phi) is 6.94. The first-order valence-corrected chi connectivity index (χ1v) is 12.2. The highest BCUT2D eigenvalue weighted by molar-refractivity contribution is 5.93. The molecule has 4 rings (SSSR count). The van der Waals surface area contributed by atoms with Gasteiger partial charge in [0, 0.05) is 12.0 Å². The average molecular weight is 496 g/mol. The van der Waals surface area contributed by atoms with Gasteiger partial charge in [-0.05, 0) is 50.8 Å². The van der Waals surface area contributed by atoms with Gasteiger partial charge in [0.1, 0.15) is 5.60 Å². The van der Waals surface area contributed by atoms with Gasteiger partial charge in [0.2, 0.25) is 5.60 Å². The lowest BCUT2D eigenvalue weighted by Gasteiger charge is -2.45. The van der Waals surface area contributed by atoms with E-state index in [1.54, 1.807) is 19.1 Å². The molecule has 1 saturated heterocycles. The molecule has 1 spiro atoms. The molecule has 192 valence electrons. The molecule has 8 nitrogen and oxygen atoms in total. The zero-order valence-electron chi connectivity index (χ0n) is 20.9. The van der Waals surface area contributed by atoms with E-state index in [0.29, 0.717) is 12.0 Å². The number of carbonyl (C=O) groups is 3. The van der Waals surface area contributed by atoms with Crippen LogP contribution in [0.4, 0.5) is 4.79 Å². The molecule has 0 aromatic heterocycles. The van der Waals surface area contributed by atoms with E-state index >= 15 is 0 Å². The Hall–Kier alpha value is -3.23. The first-order valence-electron chi connectivity index (χ1n) is 12.2. The molecule has 0 unspecified atom stereocenters. The van der Waals surface area contributed by atoms with Crippen LogP contribution in [0.15, 0.2) is 66.0 Å². The fourth-order valence-electron chi connectivity index (χ4n) is 5.73. The molecule has 1 aliphatic carbocycles. The van der Waals surface area contributed by atoms with Gasteiger partial charge in [0.15, 0.2) is 5.78 Å². The molecule has 0 bridgehead atoms. The molecule has 2 heterocycles. The number of carbonyl (C=O) groups excluding carboxylic acids is 3. The van der Waals surface area contributed by atoms with E-state index in [0.717, 1.165) is 23.5 Å². The van der Waals surface area contributed by atoms with E-state index in [-0.39, 0.29) is 6.42 Å². The minimum Gasteiger partial charge on any atom is -0.416 e. The van der Waals surface area contributed by atoms with E-state index in [4.69, 9.17) is 9.47 Å². The van der Waals surface area contributed by atoms with Crippen molar-refractivity contribution in [1.82, 2.24) is 5.32 Å². The lowest BCUT2D eigenvalue weighted by molar-refractivity contribution is -0.151. The Bertz CT molecular complexity index is 1140. The van der Waals surface area contributed by atoms with Crippen LogP contribution < -0.4 is 5.32 Å². The maximum Gasteiger partial charge on any atom is 0.514 e. The summed E-state index contributed by atoms with van der Waals surface area (Å²) in [5.74, 6) is -3.00. The second kappa shape index (κ2) is 9.67. The highest BCUT2D eigenvalue weighted by atomic mass is 16.7. The fraction of sp³-hybridized carbons (Fsp3) is 0.464. The fourth-order valence-corrected chi connectivity index (χ4v) is 5.73. The Balaban J connectivity index is 1.82. The van der Waals surface area contributed by atoms with E-state index < -0.39 is 58.9 Å². The summed E-state index contributed by atoms with van der Waals surface area (Å²) in [6.45, 7) is 6.65. The van der Waals surface area contributed by atoms with Crippen LogP contribution in [0, 0.1) is 17.8 Å². The lowest BCUT2D eigenvalue weighted by Crippen LogP contribution is -2.59. The Morgan fingerprint density at radius 2 is 1.81 bits per heavy atom. The number of Topliss-reactive ketones (excluding diaryl/α,β-unsaturated/α-hetero) is 1. The summed E-state index contributed by atoms with van der Waals surface area (Å²) >= 11 is 0. The first kappa shape index (κ1) is 25.9. The molecule has 0 saturated carbocycles. The Morgan fingerprint density at radius 3 is 2.50 bits per heavy atom.